The minimum absolute atomic E-state index is 0.138. The summed E-state index contributed by atoms with van der Waals surface area (Å²) in [5, 5.41) is 7.59. The molecule has 0 unspecified atom stereocenters. The summed E-state index contributed by atoms with van der Waals surface area (Å²) in [5.74, 6) is -0.138. The van der Waals surface area contributed by atoms with Gasteiger partial charge in [-0.15, -0.1) is 0 Å². The highest BCUT2D eigenvalue weighted by Gasteiger charge is 2.29. The number of carbonyl (C=O) groups is 1. The molecular weight excluding hydrogens is 218 g/mol. The lowest BCUT2D eigenvalue weighted by Gasteiger charge is -2.23. The van der Waals surface area contributed by atoms with E-state index in [0.29, 0.717) is 6.61 Å². The molecule has 94 valence electrons. The zero-order valence-electron chi connectivity index (χ0n) is 10.5. The van der Waals surface area contributed by atoms with Gasteiger partial charge in [-0.3, -0.25) is 14.8 Å². The maximum atomic E-state index is 11.4. The smallest absolute Gasteiger partial charge is 0.323 e. The number of ether oxygens (including phenoxy) is 1. The molecule has 0 bridgehead atoms. The summed E-state index contributed by atoms with van der Waals surface area (Å²) in [5.41, 5.74) is 1.14. The fourth-order valence-electron chi connectivity index (χ4n) is 1.99. The number of aryl methyl sites for hydroxylation is 1. The Hall–Kier alpha value is -1.36. The Morgan fingerprint density at radius 3 is 2.88 bits per heavy atom. The Balaban J connectivity index is 1.95. The third-order valence-corrected chi connectivity index (χ3v) is 3.27. The molecule has 0 amide bonds. The Bertz CT molecular complexity index is 402. The summed E-state index contributed by atoms with van der Waals surface area (Å²) in [7, 11) is 0. The predicted molar refractivity (Wildman–Crippen MR) is 63.6 cm³/mol. The van der Waals surface area contributed by atoms with Gasteiger partial charge in [0, 0.05) is 18.7 Å². The van der Waals surface area contributed by atoms with Crippen LogP contribution in [0, 0.1) is 6.92 Å². The lowest BCUT2D eigenvalue weighted by atomic mass is 10.1. The van der Waals surface area contributed by atoms with Gasteiger partial charge in [-0.25, -0.2) is 0 Å². The molecule has 1 aliphatic heterocycles. The second kappa shape index (κ2) is 4.87. The molecule has 0 radical (unpaired) electrons. The van der Waals surface area contributed by atoms with Crippen LogP contribution in [0.25, 0.3) is 0 Å². The molecule has 1 fully saturated rings. The van der Waals surface area contributed by atoms with Crippen LogP contribution in [0.3, 0.4) is 0 Å². The maximum Gasteiger partial charge on any atom is 0.323 e. The zero-order valence-corrected chi connectivity index (χ0v) is 10.5. The van der Waals surface area contributed by atoms with E-state index in [1.165, 1.54) is 0 Å². The van der Waals surface area contributed by atoms with Crippen LogP contribution in [0.1, 0.15) is 31.9 Å². The SMILES string of the molecule is Cc1cnn([C@H](C)[C@@H](C)N[C@@H]2CCOC2=O)c1. The van der Waals surface area contributed by atoms with E-state index in [4.69, 9.17) is 4.74 Å². The monoisotopic (exact) mass is 237 g/mol. The fraction of sp³-hybridized carbons (Fsp3) is 0.667. The van der Waals surface area contributed by atoms with Gasteiger partial charge in [0.05, 0.1) is 18.8 Å². The number of nitrogens with one attached hydrogen (secondary N) is 1. The summed E-state index contributed by atoms with van der Waals surface area (Å²) in [4.78, 5) is 11.4. The van der Waals surface area contributed by atoms with E-state index >= 15 is 0 Å². The minimum atomic E-state index is -0.163. The van der Waals surface area contributed by atoms with Crippen LogP contribution >= 0.6 is 0 Å². The van der Waals surface area contributed by atoms with E-state index < -0.39 is 0 Å². The first-order valence-electron chi connectivity index (χ1n) is 6.01. The summed E-state index contributed by atoms with van der Waals surface area (Å²) in [6.45, 7) is 6.69. The number of esters is 1. The van der Waals surface area contributed by atoms with Crippen LogP contribution < -0.4 is 5.32 Å². The van der Waals surface area contributed by atoms with Crippen molar-refractivity contribution in [1.82, 2.24) is 15.1 Å². The van der Waals surface area contributed by atoms with Crippen LogP contribution in [0.4, 0.5) is 0 Å². The molecule has 1 saturated heterocycles. The van der Waals surface area contributed by atoms with Crippen molar-refractivity contribution in [1.29, 1.82) is 0 Å². The third kappa shape index (κ3) is 2.66. The summed E-state index contributed by atoms with van der Waals surface area (Å²) in [6.07, 6.45) is 4.61. The van der Waals surface area contributed by atoms with Gasteiger partial charge in [0.25, 0.3) is 0 Å². The number of hydrogen-bond acceptors (Lipinski definition) is 4. The Kier molecular flexibility index (Phi) is 3.47. The number of carbonyl (C=O) groups excluding carboxylic acids is 1. The Morgan fingerprint density at radius 2 is 2.35 bits per heavy atom. The maximum absolute atomic E-state index is 11.4. The topological polar surface area (TPSA) is 56.1 Å². The van der Waals surface area contributed by atoms with Gasteiger partial charge in [-0.1, -0.05) is 0 Å². The van der Waals surface area contributed by atoms with E-state index in [-0.39, 0.29) is 24.1 Å². The molecular formula is C12H19N3O2. The van der Waals surface area contributed by atoms with E-state index in [2.05, 4.69) is 24.3 Å². The van der Waals surface area contributed by atoms with Crippen molar-refractivity contribution in [2.45, 2.75) is 45.3 Å². The highest BCUT2D eigenvalue weighted by Crippen LogP contribution is 2.14. The molecule has 5 heteroatoms. The van der Waals surface area contributed by atoms with Gasteiger partial charge in [0.2, 0.25) is 0 Å². The molecule has 1 aliphatic rings. The highest BCUT2D eigenvalue weighted by atomic mass is 16.5. The fourth-order valence-corrected chi connectivity index (χ4v) is 1.99. The lowest BCUT2D eigenvalue weighted by Crippen LogP contribution is -2.43. The van der Waals surface area contributed by atoms with Crippen LogP contribution in [-0.4, -0.2) is 34.4 Å². The molecule has 2 rings (SSSR count). The van der Waals surface area contributed by atoms with Gasteiger partial charge in [0.15, 0.2) is 0 Å². The average Bonchev–Trinajstić information content (AvgIpc) is 2.88. The van der Waals surface area contributed by atoms with Gasteiger partial charge in [-0.2, -0.15) is 5.10 Å². The van der Waals surface area contributed by atoms with E-state index in [0.717, 1.165) is 12.0 Å². The molecule has 3 atom stereocenters. The van der Waals surface area contributed by atoms with Crippen molar-refractivity contribution in [2.75, 3.05) is 6.61 Å². The molecule has 0 aromatic carbocycles. The van der Waals surface area contributed by atoms with E-state index in [1.54, 1.807) is 0 Å². The van der Waals surface area contributed by atoms with E-state index in [9.17, 15) is 4.79 Å². The molecule has 1 aromatic rings. The van der Waals surface area contributed by atoms with E-state index in [1.807, 2.05) is 24.0 Å². The molecule has 0 aliphatic carbocycles. The molecule has 2 heterocycles. The van der Waals surface area contributed by atoms with Crippen molar-refractivity contribution >= 4 is 5.97 Å². The first-order chi connectivity index (χ1) is 8.08. The van der Waals surface area contributed by atoms with Gasteiger partial charge >= 0.3 is 5.97 Å². The normalized spacial score (nSPS) is 23.5. The predicted octanol–water partition coefficient (Wildman–Crippen LogP) is 1.05. The number of nitrogens with zero attached hydrogens (tertiary/aromatic N) is 2. The quantitative estimate of drug-likeness (QED) is 0.795. The summed E-state index contributed by atoms with van der Waals surface area (Å²) >= 11 is 0. The van der Waals surface area contributed by atoms with Crippen molar-refractivity contribution in [3.05, 3.63) is 18.0 Å². The van der Waals surface area contributed by atoms with Crippen LogP contribution in [0.15, 0.2) is 12.4 Å². The van der Waals surface area contributed by atoms with Gasteiger partial charge in [0.1, 0.15) is 6.04 Å². The average molecular weight is 237 g/mol. The van der Waals surface area contributed by atoms with Crippen molar-refractivity contribution in [3.8, 4) is 0 Å². The molecule has 0 spiro atoms. The van der Waals surface area contributed by atoms with Crippen LogP contribution in [0.2, 0.25) is 0 Å². The van der Waals surface area contributed by atoms with Crippen LogP contribution in [0.5, 0.6) is 0 Å². The van der Waals surface area contributed by atoms with Gasteiger partial charge < -0.3 is 4.74 Å². The second-order valence-electron chi connectivity index (χ2n) is 4.70. The minimum Gasteiger partial charge on any atom is -0.464 e. The second-order valence-corrected chi connectivity index (χ2v) is 4.70. The van der Waals surface area contributed by atoms with Crippen molar-refractivity contribution in [2.24, 2.45) is 0 Å². The lowest BCUT2D eigenvalue weighted by molar-refractivity contribution is -0.139. The molecule has 1 aromatic heterocycles. The summed E-state index contributed by atoms with van der Waals surface area (Å²) in [6, 6.07) is 0.214. The number of hydrogen-bond donors (Lipinski definition) is 1. The number of cyclic esters (lactones) is 1. The first kappa shape index (κ1) is 12.1. The zero-order chi connectivity index (χ0) is 12.4. The number of aromatic nitrogens is 2. The molecule has 0 saturated carbocycles. The highest BCUT2D eigenvalue weighted by molar-refractivity contribution is 5.77. The summed E-state index contributed by atoms with van der Waals surface area (Å²) < 4.78 is 6.86. The molecule has 5 nitrogen and oxygen atoms in total. The molecule has 17 heavy (non-hydrogen) atoms. The Labute approximate surface area is 101 Å². The van der Waals surface area contributed by atoms with Gasteiger partial charge in [-0.05, 0) is 26.3 Å². The standard InChI is InChI=1S/C12H19N3O2/c1-8-6-13-15(7-8)10(3)9(2)14-11-4-5-17-12(11)16/h6-7,9-11,14H,4-5H2,1-3H3/t9-,10-,11-/m1/s1. The Morgan fingerprint density at radius 1 is 1.59 bits per heavy atom. The molecule has 1 N–H and O–H groups in total. The van der Waals surface area contributed by atoms with Crippen LogP contribution in [-0.2, 0) is 9.53 Å². The number of rotatable bonds is 4. The largest absolute Gasteiger partial charge is 0.464 e. The van der Waals surface area contributed by atoms with Crippen molar-refractivity contribution < 1.29 is 9.53 Å². The third-order valence-electron chi connectivity index (χ3n) is 3.27. The van der Waals surface area contributed by atoms with Crippen molar-refractivity contribution in [3.63, 3.8) is 0 Å². The first-order valence-corrected chi connectivity index (χ1v) is 6.01.